The number of hydrogen-bond donors (Lipinski definition) is 2. The van der Waals surface area contributed by atoms with E-state index in [9.17, 15) is 9.59 Å². The van der Waals surface area contributed by atoms with Gasteiger partial charge in [-0.1, -0.05) is 43.3 Å². The second-order valence-corrected chi connectivity index (χ2v) is 6.52. The summed E-state index contributed by atoms with van der Waals surface area (Å²) in [5, 5.41) is 6.67. The van der Waals surface area contributed by atoms with E-state index in [2.05, 4.69) is 28.2 Å². The molecule has 0 bridgehead atoms. The van der Waals surface area contributed by atoms with Gasteiger partial charge in [0, 0.05) is 41.3 Å². The number of nitrogens with zero attached hydrogens (tertiary/aromatic N) is 1. The minimum atomic E-state index is -0.308. The van der Waals surface area contributed by atoms with Crippen molar-refractivity contribution >= 4 is 28.8 Å². The molecule has 0 aliphatic rings. The Hall–Kier alpha value is -3.34. The molecule has 0 saturated heterocycles. The van der Waals surface area contributed by atoms with Gasteiger partial charge in [-0.2, -0.15) is 0 Å². The van der Waals surface area contributed by atoms with E-state index in [4.69, 9.17) is 0 Å². The molecule has 3 rings (SSSR count). The fourth-order valence-corrected chi connectivity index (χ4v) is 3.08. The smallest absolute Gasteiger partial charge is 0.267 e. The molecule has 1 aromatic heterocycles. The van der Waals surface area contributed by atoms with Crippen molar-refractivity contribution in [3.05, 3.63) is 77.6 Å². The van der Waals surface area contributed by atoms with E-state index in [0.717, 1.165) is 29.4 Å². The number of fused-ring (bicyclic) bond motifs is 1. The van der Waals surface area contributed by atoms with Gasteiger partial charge in [0.1, 0.15) is 5.70 Å². The molecule has 2 aromatic carbocycles. The zero-order valence-corrected chi connectivity index (χ0v) is 16.2. The average molecular weight is 375 g/mol. The minimum absolute atomic E-state index is 0.237. The summed E-state index contributed by atoms with van der Waals surface area (Å²) in [5.41, 5.74) is 2.74. The number of nitrogens with one attached hydrogen (secondary N) is 2. The average Bonchev–Trinajstić information content (AvgIpc) is 3.09. The van der Waals surface area contributed by atoms with Crippen LogP contribution in [0.25, 0.3) is 17.0 Å². The first-order valence-electron chi connectivity index (χ1n) is 9.58. The predicted molar refractivity (Wildman–Crippen MR) is 113 cm³/mol. The van der Waals surface area contributed by atoms with Gasteiger partial charge in [-0.05, 0) is 37.6 Å². The highest BCUT2D eigenvalue weighted by Gasteiger charge is 2.15. The third-order valence-electron chi connectivity index (χ3n) is 4.52. The molecular formula is C23H25N3O2. The number of para-hydroxylation sites is 1. The number of hydrogen-bond acceptors (Lipinski definition) is 2. The molecule has 0 saturated carbocycles. The zero-order chi connectivity index (χ0) is 19.9. The van der Waals surface area contributed by atoms with Crippen molar-refractivity contribution in [2.24, 2.45) is 0 Å². The topological polar surface area (TPSA) is 63.1 Å². The summed E-state index contributed by atoms with van der Waals surface area (Å²) in [7, 11) is 0. The number of amides is 2. The molecule has 1 heterocycles. The lowest BCUT2D eigenvalue weighted by Crippen LogP contribution is -2.35. The Kier molecular flexibility index (Phi) is 6.27. The van der Waals surface area contributed by atoms with E-state index in [1.54, 1.807) is 30.3 Å². The van der Waals surface area contributed by atoms with E-state index >= 15 is 0 Å². The van der Waals surface area contributed by atoms with E-state index < -0.39 is 0 Å². The van der Waals surface area contributed by atoms with Crippen LogP contribution in [0.2, 0.25) is 0 Å². The van der Waals surface area contributed by atoms with Crippen molar-refractivity contribution in [3.8, 4) is 0 Å². The van der Waals surface area contributed by atoms with E-state index in [1.165, 1.54) is 0 Å². The highest BCUT2D eigenvalue weighted by Crippen LogP contribution is 2.23. The summed E-state index contributed by atoms with van der Waals surface area (Å²) < 4.78 is 2.13. The van der Waals surface area contributed by atoms with Gasteiger partial charge in [-0.15, -0.1) is 0 Å². The first-order valence-corrected chi connectivity index (χ1v) is 9.58. The summed E-state index contributed by atoms with van der Waals surface area (Å²) in [5.74, 6) is -0.600. The molecule has 3 aromatic rings. The molecule has 0 spiro atoms. The van der Waals surface area contributed by atoms with Gasteiger partial charge in [0.05, 0.1) is 0 Å². The van der Waals surface area contributed by atoms with Crippen molar-refractivity contribution < 1.29 is 9.59 Å². The SMILES string of the molecule is CCCNC(=O)C(=Cc1cn(CC)c2ccccc12)NC(=O)c1ccccc1. The van der Waals surface area contributed by atoms with Crippen LogP contribution in [-0.2, 0) is 11.3 Å². The zero-order valence-electron chi connectivity index (χ0n) is 16.2. The van der Waals surface area contributed by atoms with Gasteiger partial charge in [0.25, 0.3) is 11.8 Å². The van der Waals surface area contributed by atoms with E-state index in [1.807, 2.05) is 37.4 Å². The molecule has 2 N–H and O–H groups in total. The molecule has 5 heteroatoms. The van der Waals surface area contributed by atoms with Gasteiger partial charge in [-0.25, -0.2) is 0 Å². The van der Waals surface area contributed by atoms with Crippen LogP contribution in [0.3, 0.4) is 0 Å². The van der Waals surface area contributed by atoms with Gasteiger partial charge in [-0.3, -0.25) is 9.59 Å². The van der Waals surface area contributed by atoms with E-state index in [0.29, 0.717) is 12.1 Å². The van der Waals surface area contributed by atoms with Gasteiger partial charge >= 0.3 is 0 Å². The molecule has 144 valence electrons. The van der Waals surface area contributed by atoms with Crippen molar-refractivity contribution in [1.29, 1.82) is 0 Å². The van der Waals surface area contributed by atoms with Crippen LogP contribution in [0.1, 0.15) is 36.2 Å². The second-order valence-electron chi connectivity index (χ2n) is 6.52. The summed E-state index contributed by atoms with van der Waals surface area (Å²) in [4.78, 5) is 25.3. The third kappa shape index (κ3) is 4.31. The molecule has 0 aliphatic heterocycles. The maximum absolute atomic E-state index is 12.7. The van der Waals surface area contributed by atoms with Crippen LogP contribution < -0.4 is 10.6 Å². The number of carbonyl (C=O) groups is 2. The maximum Gasteiger partial charge on any atom is 0.267 e. The molecule has 2 amide bonds. The normalized spacial score (nSPS) is 11.4. The molecule has 0 fully saturated rings. The van der Waals surface area contributed by atoms with Crippen molar-refractivity contribution in [3.63, 3.8) is 0 Å². The Morgan fingerprint density at radius 3 is 2.43 bits per heavy atom. The Balaban J connectivity index is 1.99. The number of rotatable bonds is 7. The summed E-state index contributed by atoms with van der Waals surface area (Å²) >= 11 is 0. The Morgan fingerprint density at radius 2 is 1.71 bits per heavy atom. The van der Waals surface area contributed by atoms with Crippen LogP contribution in [0.5, 0.6) is 0 Å². The molecule has 0 radical (unpaired) electrons. The van der Waals surface area contributed by atoms with Crippen LogP contribution >= 0.6 is 0 Å². The molecular weight excluding hydrogens is 350 g/mol. The first-order chi connectivity index (χ1) is 13.6. The third-order valence-corrected chi connectivity index (χ3v) is 4.52. The lowest BCUT2D eigenvalue weighted by molar-refractivity contribution is -0.117. The van der Waals surface area contributed by atoms with Crippen molar-refractivity contribution in [2.75, 3.05) is 6.54 Å². The molecule has 28 heavy (non-hydrogen) atoms. The van der Waals surface area contributed by atoms with Crippen LogP contribution in [0.15, 0.2) is 66.5 Å². The standard InChI is InChI=1S/C23H25N3O2/c1-3-14-24-23(28)20(25-22(27)17-10-6-5-7-11-17)15-18-16-26(4-2)21-13-9-8-12-19(18)21/h5-13,15-16H,3-4,14H2,1-2H3,(H,24,28)(H,25,27). The number of aryl methyl sites for hydroxylation is 1. The Labute approximate surface area is 165 Å². The second kappa shape index (κ2) is 9.04. The number of benzene rings is 2. The quantitative estimate of drug-likeness (QED) is 0.614. The lowest BCUT2D eigenvalue weighted by Gasteiger charge is -2.10. The Morgan fingerprint density at radius 1 is 1.00 bits per heavy atom. The predicted octanol–water partition coefficient (Wildman–Crippen LogP) is 3.96. The van der Waals surface area contributed by atoms with Crippen LogP contribution in [0, 0.1) is 0 Å². The number of carbonyl (C=O) groups excluding carboxylic acids is 2. The molecule has 0 unspecified atom stereocenters. The number of aromatic nitrogens is 1. The molecule has 0 aliphatic carbocycles. The Bertz CT molecular complexity index is 1000. The van der Waals surface area contributed by atoms with Crippen molar-refractivity contribution in [2.45, 2.75) is 26.8 Å². The van der Waals surface area contributed by atoms with Crippen LogP contribution in [-0.4, -0.2) is 22.9 Å². The van der Waals surface area contributed by atoms with Gasteiger partial charge in [0.15, 0.2) is 0 Å². The van der Waals surface area contributed by atoms with E-state index in [-0.39, 0.29) is 17.5 Å². The van der Waals surface area contributed by atoms with Gasteiger partial charge in [0.2, 0.25) is 0 Å². The fourth-order valence-electron chi connectivity index (χ4n) is 3.08. The highest BCUT2D eigenvalue weighted by molar-refractivity contribution is 6.06. The molecule has 0 atom stereocenters. The van der Waals surface area contributed by atoms with Gasteiger partial charge < -0.3 is 15.2 Å². The largest absolute Gasteiger partial charge is 0.351 e. The molecule has 5 nitrogen and oxygen atoms in total. The first kappa shape index (κ1) is 19.4. The monoisotopic (exact) mass is 375 g/mol. The highest BCUT2D eigenvalue weighted by atomic mass is 16.2. The minimum Gasteiger partial charge on any atom is -0.351 e. The summed E-state index contributed by atoms with van der Waals surface area (Å²) in [6.07, 6.45) is 4.58. The van der Waals surface area contributed by atoms with Crippen molar-refractivity contribution in [1.82, 2.24) is 15.2 Å². The van der Waals surface area contributed by atoms with Crippen LogP contribution in [0.4, 0.5) is 0 Å². The summed E-state index contributed by atoms with van der Waals surface area (Å²) in [6, 6.07) is 16.9. The summed E-state index contributed by atoms with van der Waals surface area (Å²) in [6.45, 7) is 5.43. The lowest BCUT2D eigenvalue weighted by atomic mass is 10.1. The fraction of sp³-hybridized carbons (Fsp3) is 0.217. The maximum atomic E-state index is 12.7.